The van der Waals surface area contributed by atoms with Gasteiger partial charge in [0.15, 0.2) is 5.66 Å². The van der Waals surface area contributed by atoms with Crippen molar-refractivity contribution < 1.29 is 4.74 Å². The van der Waals surface area contributed by atoms with Gasteiger partial charge in [0.05, 0.1) is 11.8 Å². The van der Waals surface area contributed by atoms with Crippen LogP contribution in [0.1, 0.15) is 57.6 Å². The maximum absolute atomic E-state index is 6.27. The summed E-state index contributed by atoms with van der Waals surface area (Å²) in [6, 6.07) is 6.55. The molecule has 1 saturated carbocycles. The molecule has 4 nitrogen and oxygen atoms in total. The molecule has 2 N–H and O–H groups in total. The van der Waals surface area contributed by atoms with Crippen molar-refractivity contribution in [1.82, 2.24) is 0 Å². The number of halogens is 1. The highest BCUT2D eigenvalue weighted by Crippen LogP contribution is 2.62. The fourth-order valence-electron chi connectivity index (χ4n) is 4.84. The molecule has 25 heavy (non-hydrogen) atoms. The molecule has 0 aromatic heterocycles. The third-order valence-corrected chi connectivity index (χ3v) is 6.64. The average Bonchev–Trinajstić information content (AvgIpc) is 3.06. The van der Waals surface area contributed by atoms with Crippen LogP contribution >= 0.6 is 15.9 Å². The molecule has 1 aromatic carbocycles. The van der Waals surface area contributed by atoms with E-state index < -0.39 is 5.66 Å². The van der Waals surface area contributed by atoms with Crippen LogP contribution in [0.15, 0.2) is 32.7 Å². The third-order valence-electron chi connectivity index (χ3n) is 6.15. The Bertz CT molecular complexity index is 734. The van der Waals surface area contributed by atoms with Crippen molar-refractivity contribution in [3.63, 3.8) is 0 Å². The van der Waals surface area contributed by atoms with E-state index in [1.54, 1.807) is 0 Å². The number of amidine groups is 1. The number of fused-ring (bicyclic) bond motifs is 3. The van der Waals surface area contributed by atoms with E-state index in [-0.39, 0.29) is 12.8 Å². The minimum Gasteiger partial charge on any atom is -0.382 e. The first-order chi connectivity index (χ1) is 11.5. The van der Waals surface area contributed by atoms with E-state index in [4.69, 9.17) is 20.5 Å². The molecule has 0 saturated heterocycles. The van der Waals surface area contributed by atoms with Gasteiger partial charge in [0.1, 0.15) is 5.84 Å². The zero-order chi connectivity index (χ0) is 16.9. The van der Waals surface area contributed by atoms with Crippen molar-refractivity contribution in [2.75, 3.05) is 7.11 Å². The fourth-order valence-corrected chi connectivity index (χ4v) is 5.20. The molecule has 3 aliphatic rings. The summed E-state index contributed by atoms with van der Waals surface area (Å²) in [5.74, 6) is 0.624. The first-order valence-corrected chi connectivity index (χ1v) is 9.59. The highest BCUT2D eigenvalue weighted by atomic mass is 79.9. The van der Waals surface area contributed by atoms with Crippen molar-refractivity contribution in [3.05, 3.63) is 33.8 Å². The molecule has 2 spiro atoms. The summed E-state index contributed by atoms with van der Waals surface area (Å²) in [7, 11) is 1.82. The van der Waals surface area contributed by atoms with Crippen LogP contribution in [0.2, 0.25) is 0 Å². The van der Waals surface area contributed by atoms with Crippen molar-refractivity contribution in [1.29, 1.82) is 0 Å². The van der Waals surface area contributed by atoms with Crippen LogP contribution in [0.25, 0.3) is 0 Å². The van der Waals surface area contributed by atoms with E-state index in [9.17, 15) is 0 Å². The normalized spacial score (nSPS) is 33.2. The molecule has 4 rings (SSSR count). The fraction of sp³-hybridized carbons (Fsp3) is 0.600. The number of benzene rings is 1. The topological polar surface area (TPSA) is 60.0 Å². The Kier molecular flexibility index (Phi) is 4.84. The summed E-state index contributed by atoms with van der Waals surface area (Å²) >= 11 is 3.63. The van der Waals surface area contributed by atoms with Crippen molar-refractivity contribution in [2.24, 2.45) is 21.1 Å². The number of ether oxygens (including phenoxy) is 1. The number of rotatable bonds is 2. The van der Waals surface area contributed by atoms with E-state index in [1.807, 2.05) is 7.11 Å². The number of aliphatic imine (C=N–C) groups is 2. The highest BCUT2D eigenvalue weighted by molar-refractivity contribution is 9.10. The molecule has 1 atom stereocenters. The number of nitrogens with two attached hydrogens (primary N) is 1. The second kappa shape index (κ2) is 6.51. The minimum atomic E-state index is -0.528. The molecule has 1 heterocycles. The van der Waals surface area contributed by atoms with Crippen LogP contribution in [0.4, 0.5) is 0 Å². The molecule has 1 fully saturated rings. The lowest BCUT2D eigenvalue weighted by Crippen LogP contribution is -2.43. The third kappa shape index (κ3) is 2.58. The van der Waals surface area contributed by atoms with Gasteiger partial charge in [0, 0.05) is 22.6 Å². The lowest BCUT2D eigenvalue weighted by molar-refractivity contribution is -0.000399. The number of hydrogen-bond donors (Lipinski definition) is 1. The second-order valence-electron chi connectivity index (χ2n) is 7.27. The van der Waals surface area contributed by atoms with Gasteiger partial charge in [-0.05, 0) is 56.2 Å². The van der Waals surface area contributed by atoms with Gasteiger partial charge in [-0.1, -0.05) is 36.3 Å². The summed E-state index contributed by atoms with van der Waals surface area (Å²) < 4.78 is 6.68. The van der Waals surface area contributed by atoms with Crippen LogP contribution < -0.4 is 5.73 Å². The Morgan fingerprint density at radius 2 is 2.00 bits per heavy atom. The van der Waals surface area contributed by atoms with Gasteiger partial charge >= 0.3 is 0 Å². The van der Waals surface area contributed by atoms with Gasteiger partial charge in [-0.25, -0.2) is 4.99 Å². The molecule has 1 unspecified atom stereocenters. The number of hydrogen-bond acceptors (Lipinski definition) is 4. The minimum absolute atomic E-state index is 0. The van der Waals surface area contributed by atoms with Crippen LogP contribution in [-0.4, -0.2) is 24.8 Å². The lowest BCUT2D eigenvalue weighted by Gasteiger charge is -2.44. The monoisotopic (exact) mass is 405 g/mol. The summed E-state index contributed by atoms with van der Waals surface area (Å²) in [5.41, 5.74) is 9.33. The zero-order valence-corrected chi connectivity index (χ0v) is 15.9. The first kappa shape index (κ1) is 18.6. The van der Waals surface area contributed by atoms with E-state index in [2.05, 4.69) is 41.1 Å². The average molecular weight is 406 g/mol. The molecule has 1 aromatic rings. The first-order valence-electron chi connectivity index (χ1n) is 8.80. The molecule has 0 radical (unpaired) electrons. The van der Waals surface area contributed by atoms with Crippen LogP contribution in [0.3, 0.4) is 0 Å². The van der Waals surface area contributed by atoms with E-state index >= 15 is 0 Å². The summed E-state index contributed by atoms with van der Waals surface area (Å²) in [4.78, 5) is 10.2. The summed E-state index contributed by atoms with van der Waals surface area (Å²) in [5, 5.41) is 0. The van der Waals surface area contributed by atoms with Gasteiger partial charge in [-0.2, -0.15) is 0 Å². The van der Waals surface area contributed by atoms with Gasteiger partial charge < -0.3 is 10.5 Å². The standard InChI is InChI=1S/C19H24BrN3O.CH4/c1-3-16-17(21)23-19(22-16)15-10-13(20)5-4-12(15)11-18(19)8-6-14(24-2)7-9-18;/h4-5,10,14H,3,6-9,11H2,1-2H3,(H2,21,23);1H4. The molecule has 136 valence electrons. The predicted octanol–water partition coefficient (Wildman–Crippen LogP) is 4.59. The Morgan fingerprint density at radius 1 is 1.28 bits per heavy atom. The highest BCUT2D eigenvalue weighted by Gasteiger charge is 2.60. The van der Waals surface area contributed by atoms with Crippen molar-refractivity contribution in [2.45, 2.75) is 64.6 Å². The van der Waals surface area contributed by atoms with E-state index in [0.29, 0.717) is 11.9 Å². The molecular weight excluding hydrogens is 378 g/mol. The van der Waals surface area contributed by atoms with Gasteiger partial charge in [0.2, 0.25) is 0 Å². The lowest BCUT2D eigenvalue weighted by atomic mass is 9.65. The SMILES string of the molecule is C.CCC1=NC2(N=C1N)c1cc(Br)ccc1CC21CCC(OC)CC1. The van der Waals surface area contributed by atoms with E-state index in [1.165, 1.54) is 11.1 Å². The van der Waals surface area contributed by atoms with E-state index in [0.717, 1.165) is 48.7 Å². The number of methoxy groups -OCH3 is 1. The van der Waals surface area contributed by atoms with Crippen molar-refractivity contribution >= 4 is 27.5 Å². The van der Waals surface area contributed by atoms with Gasteiger partial charge in [-0.3, -0.25) is 4.99 Å². The predicted molar refractivity (Wildman–Crippen MR) is 107 cm³/mol. The van der Waals surface area contributed by atoms with Crippen LogP contribution in [0, 0.1) is 5.41 Å². The quantitative estimate of drug-likeness (QED) is 0.781. The van der Waals surface area contributed by atoms with Gasteiger partial charge in [-0.15, -0.1) is 0 Å². The van der Waals surface area contributed by atoms with Crippen molar-refractivity contribution in [3.8, 4) is 0 Å². The van der Waals surface area contributed by atoms with Gasteiger partial charge in [0.25, 0.3) is 0 Å². The maximum atomic E-state index is 6.27. The zero-order valence-electron chi connectivity index (χ0n) is 14.3. The molecule has 5 heteroatoms. The molecular formula is C20H28BrN3O. The summed E-state index contributed by atoms with van der Waals surface area (Å²) in [6.45, 7) is 2.10. The van der Waals surface area contributed by atoms with Crippen LogP contribution in [0.5, 0.6) is 0 Å². The Labute approximate surface area is 159 Å². The maximum Gasteiger partial charge on any atom is 0.184 e. The summed E-state index contributed by atoms with van der Waals surface area (Å²) in [6.07, 6.45) is 6.52. The largest absolute Gasteiger partial charge is 0.382 e. The molecule has 2 aliphatic carbocycles. The molecule has 0 amide bonds. The molecule has 1 aliphatic heterocycles. The Hall–Kier alpha value is -1.20. The number of nitrogens with zero attached hydrogens (tertiary/aromatic N) is 2. The second-order valence-corrected chi connectivity index (χ2v) is 8.19. The smallest absolute Gasteiger partial charge is 0.184 e. The Morgan fingerprint density at radius 3 is 2.60 bits per heavy atom. The van der Waals surface area contributed by atoms with Crippen LogP contribution in [-0.2, 0) is 16.8 Å². The molecule has 0 bridgehead atoms. The Balaban J connectivity index is 0.00000182.